The van der Waals surface area contributed by atoms with Gasteiger partial charge in [0, 0.05) is 0 Å². The molecule has 0 radical (unpaired) electrons. The van der Waals surface area contributed by atoms with Gasteiger partial charge < -0.3 is 4.74 Å². The average Bonchev–Trinajstić information content (AvgIpc) is 2.22. The normalized spacial score (nSPS) is 21.5. The SMILES string of the molecule is CC(C)(C)OC1=C/C=C\c2ccccc2/C=C\1. The number of hydrogen-bond donors (Lipinski definition) is 0. The van der Waals surface area contributed by atoms with E-state index in [1.807, 2.05) is 24.3 Å². The van der Waals surface area contributed by atoms with Gasteiger partial charge in [-0.25, -0.2) is 0 Å². The quantitative estimate of drug-likeness (QED) is 0.688. The van der Waals surface area contributed by atoms with Crippen LogP contribution >= 0.6 is 0 Å². The molecule has 1 aliphatic rings. The molecule has 1 heteroatoms. The molecule has 0 saturated heterocycles. The Balaban J connectivity index is 2.27. The highest BCUT2D eigenvalue weighted by Gasteiger charge is 2.12. The van der Waals surface area contributed by atoms with Gasteiger partial charge in [-0.3, -0.25) is 0 Å². The summed E-state index contributed by atoms with van der Waals surface area (Å²) in [6.07, 6.45) is 10.2. The molecule has 0 heterocycles. The van der Waals surface area contributed by atoms with E-state index in [1.54, 1.807) is 0 Å². The second-order valence-corrected chi connectivity index (χ2v) is 5.10. The summed E-state index contributed by atoms with van der Waals surface area (Å²) in [5.41, 5.74) is 2.28. The van der Waals surface area contributed by atoms with Crippen LogP contribution in [0.5, 0.6) is 0 Å². The number of allylic oxidation sites excluding steroid dienone is 3. The van der Waals surface area contributed by atoms with Crippen LogP contribution in [0.1, 0.15) is 31.9 Å². The Morgan fingerprint density at radius 1 is 0.882 bits per heavy atom. The van der Waals surface area contributed by atoms with Crippen molar-refractivity contribution in [3.05, 3.63) is 59.4 Å². The van der Waals surface area contributed by atoms with Gasteiger partial charge in [0.25, 0.3) is 0 Å². The van der Waals surface area contributed by atoms with E-state index in [0.717, 1.165) is 5.76 Å². The first-order valence-corrected chi connectivity index (χ1v) is 5.89. The third-order valence-electron chi connectivity index (χ3n) is 2.38. The molecule has 2 rings (SSSR count). The molecule has 0 N–H and O–H groups in total. The molecule has 0 unspecified atom stereocenters. The molecule has 0 spiro atoms. The lowest BCUT2D eigenvalue weighted by Crippen LogP contribution is -2.18. The molecule has 0 amide bonds. The van der Waals surface area contributed by atoms with Crippen molar-refractivity contribution in [3.8, 4) is 0 Å². The van der Waals surface area contributed by atoms with Crippen molar-refractivity contribution in [3.63, 3.8) is 0 Å². The van der Waals surface area contributed by atoms with Crippen LogP contribution in [0.15, 0.2) is 48.3 Å². The number of ether oxygens (including phenoxy) is 1. The first kappa shape index (κ1) is 11.7. The van der Waals surface area contributed by atoms with Gasteiger partial charge in [-0.1, -0.05) is 42.5 Å². The van der Waals surface area contributed by atoms with Gasteiger partial charge >= 0.3 is 0 Å². The Hall–Kier alpha value is -1.76. The Bertz CT molecular complexity index is 484. The van der Waals surface area contributed by atoms with E-state index in [9.17, 15) is 0 Å². The smallest absolute Gasteiger partial charge is 0.120 e. The fourth-order valence-electron chi connectivity index (χ4n) is 1.71. The molecule has 0 fully saturated rings. The largest absolute Gasteiger partial charge is 0.488 e. The van der Waals surface area contributed by atoms with E-state index in [1.165, 1.54) is 11.1 Å². The van der Waals surface area contributed by atoms with Gasteiger partial charge in [0.2, 0.25) is 0 Å². The second-order valence-electron chi connectivity index (χ2n) is 5.10. The van der Waals surface area contributed by atoms with Gasteiger partial charge in [0.05, 0.1) is 0 Å². The zero-order valence-electron chi connectivity index (χ0n) is 10.6. The minimum Gasteiger partial charge on any atom is -0.488 e. The monoisotopic (exact) mass is 226 g/mol. The summed E-state index contributed by atoms with van der Waals surface area (Å²) in [5.74, 6) is 0.892. The number of benzene rings is 1. The molecular formula is C16H18O. The Kier molecular flexibility index (Phi) is 3.19. The first-order valence-electron chi connectivity index (χ1n) is 5.89. The van der Waals surface area contributed by atoms with Crippen LogP contribution in [0.3, 0.4) is 0 Å². The van der Waals surface area contributed by atoms with Gasteiger partial charge in [0.1, 0.15) is 11.4 Å². The summed E-state index contributed by atoms with van der Waals surface area (Å²) in [6, 6.07) is 8.32. The molecule has 0 saturated carbocycles. The molecule has 0 atom stereocenters. The van der Waals surface area contributed by atoms with E-state index in [4.69, 9.17) is 4.74 Å². The first-order chi connectivity index (χ1) is 8.04. The highest BCUT2D eigenvalue weighted by Crippen LogP contribution is 2.20. The third kappa shape index (κ3) is 3.35. The predicted octanol–water partition coefficient (Wildman–Crippen LogP) is 4.43. The molecule has 1 aromatic carbocycles. The molecule has 88 valence electrons. The Morgan fingerprint density at radius 3 is 2.18 bits per heavy atom. The number of rotatable bonds is 1. The van der Waals surface area contributed by atoms with Crippen LogP contribution < -0.4 is 0 Å². The van der Waals surface area contributed by atoms with Crippen molar-refractivity contribution in [1.29, 1.82) is 0 Å². The minimum absolute atomic E-state index is 0.164. The molecule has 0 aromatic heterocycles. The van der Waals surface area contributed by atoms with E-state index in [0.29, 0.717) is 0 Å². The molecule has 1 nitrogen and oxygen atoms in total. The van der Waals surface area contributed by atoms with Crippen molar-refractivity contribution in [2.45, 2.75) is 26.4 Å². The lowest BCUT2D eigenvalue weighted by atomic mass is 10.0. The van der Waals surface area contributed by atoms with Gasteiger partial charge in [-0.05, 0) is 44.1 Å². The molecule has 0 aliphatic heterocycles. The van der Waals surface area contributed by atoms with Crippen LogP contribution in [0.4, 0.5) is 0 Å². The van der Waals surface area contributed by atoms with Crippen LogP contribution in [-0.4, -0.2) is 5.60 Å². The maximum atomic E-state index is 5.85. The molecule has 0 bridgehead atoms. The highest BCUT2D eigenvalue weighted by atomic mass is 16.5. The lowest BCUT2D eigenvalue weighted by Gasteiger charge is -2.22. The average molecular weight is 226 g/mol. The summed E-state index contributed by atoms with van der Waals surface area (Å²) in [7, 11) is 0. The predicted molar refractivity (Wildman–Crippen MR) is 73.4 cm³/mol. The zero-order valence-corrected chi connectivity index (χ0v) is 10.6. The van der Waals surface area contributed by atoms with Crippen molar-refractivity contribution in [2.24, 2.45) is 0 Å². The third-order valence-corrected chi connectivity index (χ3v) is 2.38. The van der Waals surface area contributed by atoms with Gasteiger partial charge in [-0.15, -0.1) is 0 Å². The van der Waals surface area contributed by atoms with Gasteiger partial charge in [0.15, 0.2) is 0 Å². The summed E-state index contributed by atoms with van der Waals surface area (Å²) in [6.45, 7) is 6.16. The minimum atomic E-state index is -0.164. The Morgan fingerprint density at radius 2 is 1.53 bits per heavy atom. The number of hydrogen-bond acceptors (Lipinski definition) is 1. The van der Waals surface area contributed by atoms with E-state index in [2.05, 4.69) is 51.1 Å². The Labute approximate surface area is 103 Å². The fourth-order valence-corrected chi connectivity index (χ4v) is 1.71. The van der Waals surface area contributed by atoms with E-state index >= 15 is 0 Å². The van der Waals surface area contributed by atoms with E-state index in [-0.39, 0.29) is 5.60 Å². The van der Waals surface area contributed by atoms with Crippen molar-refractivity contribution in [1.82, 2.24) is 0 Å². The maximum absolute atomic E-state index is 5.85. The van der Waals surface area contributed by atoms with Crippen molar-refractivity contribution < 1.29 is 4.74 Å². The number of fused-ring (bicyclic) bond motifs is 1. The fraction of sp³-hybridized carbons (Fsp3) is 0.250. The summed E-state index contributed by atoms with van der Waals surface area (Å²) in [5, 5.41) is 0. The van der Waals surface area contributed by atoms with Crippen molar-refractivity contribution in [2.75, 3.05) is 0 Å². The zero-order chi connectivity index (χ0) is 12.3. The molecule has 17 heavy (non-hydrogen) atoms. The van der Waals surface area contributed by atoms with Crippen LogP contribution in [0.25, 0.3) is 12.2 Å². The second kappa shape index (κ2) is 4.62. The maximum Gasteiger partial charge on any atom is 0.120 e. The van der Waals surface area contributed by atoms with Crippen LogP contribution in [0, 0.1) is 0 Å². The highest BCUT2D eigenvalue weighted by molar-refractivity contribution is 5.68. The van der Waals surface area contributed by atoms with Crippen LogP contribution in [0.2, 0.25) is 0 Å². The lowest BCUT2D eigenvalue weighted by molar-refractivity contribution is 0.0602. The van der Waals surface area contributed by atoms with Crippen LogP contribution in [-0.2, 0) is 4.74 Å². The topological polar surface area (TPSA) is 9.23 Å². The summed E-state index contributed by atoms with van der Waals surface area (Å²) in [4.78, 5) is 0. The summed E-state index contributed by atoms with van der Waals surface area (Å²) >= 11 is 0. The molecule has 1 aliphatic carbocycles. The van der Waals surface area contributed by atoms with Gasteiger partial charge in [-0.2, -0.15) is 0 Å². The molecular weight excluding hydrogens is 208 g/mol. The summed E-state index contributed by atoms with van der Waals surface area (Å²) < 4.78 is 5.85. The van der Waals surface area contributed by atoms with Crippen molar-refractivity contribution >= 4 is 12.2 Å². The van der Waals surface area contributed by atoms with E-state index < -0.39 is 0 Å². The molecule has 1 aromatic rings. The standard InChI is InChI=1S/C16H18O/c1-16(2,3)17-15-10-6-9-13-7-4-5-8-14(13)11-12-15/h4-12H,1-3H3/b9-6-,10-6?,12-11-,13-9?,14-11?,15-10+,15-12?.